The van der Waals surface area contributed by atoms with E-state index in [1.165, 1.54) is 0 Å². The zero-order valence-electron chi connectivity index (χ0n) is 9.70. The number of ether oxygens (including phenoxy) is 2. The third kappa shape index (κ3) is 23.3. The lowest BCUT2D eigenvalue weighted by Crippen LogP contribution is -1.97. The van der Waals surface area contributed by atoms with Crippen LogP contribution in [-0.2, 0) is 19.1 Å². The number of aliphatic carboxylic acids is 1. The van der Waals surface area contributed by atoms with Gasteiger partial charge in [-0.3, -0.25) is 9.59 Å². The van der Waals surface area contributed by atoms with Crippen molar-refractivity contribution in [2.75, 3.05) is 27.4 Å². The third-order valence-electron chi connectivity index (χ3n) is 1.46. The standard InChI is InChI=1S/C5H9ClO2.C5H10O3/c2*1-8-4-2-3-5(6)7/h2-4H2,1H3;2-4H2,1H3,(H,6,7). The van der Waals surface area contributed by atoms with E-state index in [4.69, 9.17) is 16.7 Å². The van der Waals surface area contributed by atoms with E-state index < -0.39 is 5.97 Å². The van der Waals surface area contributed by atoms with Crippen molar-refractivity contribution >= 4 is 22.8 Å². The van der Waals surface area contributed by atoms with E-state index in [1.54, 1.807) is 14.2 Å². The minimum absolute atomic E-state index is 0.202. The number of hydrogen-bond donors (Lipinski definition) is 1. The van der Waals surface area contributed by atoms with Crippen molar-refractivity contribution in [3.63, 3.8) is 0 Å². The molecule has 0 heterocycles. The predicted molar refractivity (Wildman–Crippen MR) is 60.7 cm³/mol. The highest BCUT2D eigenvalue weighted by atomic mass is 35.5. The molecule has 5 nitrogen and oxygen atoms in total. The Balaban J connectivity index is 0. The Labute approximate surface area is 101 Å². The lowest BCUT2D eigenvalue weighted by atomic mass is 10.3. The first-order valence-electron chi connectivity index (χ1n) is 4.92. The van der Waals surface area contributed by atoms with E-state index in [1.807, 2.05) is 0 Å². The van der Waals surface area contributed by atoms with Gasteiger partial charge in [-0.15, -0.1) is 0 Å². The molecule has 0 unspecified atom stereocenters. The molecule has 0 aromatic carbocycles. The molecule has 0 spiro atoms. The molecule has 0 aromatic rings. The van der Waals surface area contributed by atoms with Gasteiger partial charge < -0.3 is 14.6 Å². The molecule has 0 amide bonds. The summed E-state index contributed by atoms with van der Waals surface area (Å²) >= 11 is 5.02. The maximum absolute atomic E-state index is 10.0. The molecule has 0 aliphatic heterocycles. The molecule has 0 aromatic heterocycles. The summed E-state index contributed by atoms with van der Waals surface area (Å²) < 4.78 is 9.31. The SMILES string of the molecule is COCCCC(=O)Cl.COCCCC(=O)O. The summed E-state index contributed by atoms with van der Waals surface area (Å²) in [6, 6.07) is 0. The van der Waals surface area contributed by atoms with Crippen molar-refractivity contribution in [3.8, 4) is 0 Å². The molecular weight excluding hydrogens is 236 g/mol. The molecule has 0 saturated carbocycles. The average molecular weight is 255 g/mol. The highest BCUT2D eigenvalue weighted by Gasteiger charge is 1.93. The number of hydrogen-bond acceptors (Lipinski definition) is 4. The topological polar surface area (TPSA) is 72.8 Å². The maximum atomic E-state index is 10.0. The van der Waals surface area contributed by atoms with Gasteiger partial charge in [0.05, 0.1) is 0 Å². The van der Waals surface area contributed by atoms with Gasteiger partial charge in [-0.1, -0.05) is 0 Å². The molecule has 0 atom stereocenters. The van der Waals surface area contributed by atoms with E-state index >= 15 is 0 Å². The first-order chi connectivity index (χ1) is 7.54. The fourth-order valence-electron chi connectivity index (χ4n) is 0.723. The fraction of sp³-hybridized carbons (Fsp3) is 0.800. The van der Waals surface area contributed by atoms with E-state index in [0.717, 1.165) is 6.42 Å². The molecule has 0 fully saturated rings. The second kappa shape index (κ2) is 14.3. The number of carbonyl (C=O) groups is 2. The monoisotopic (exact) mass is 254 g/mol. The minimum Gasteiger partial charge on any atom is -0.481 e. The van der Waals surface area contributed by atoms with E-state index in [-0.39, 0.29) is 11.7 Å². The molecule has 0 aliphatic rings. The van der Waals surface area contributed by atoms with Gasteiger partial charge in [0.1, 0.15) is 0 Å². The van der Waals surface area contributed by atoms with Crippen LogP contribution in [0.1, 0.15) is 25.7 Å². The molecule has 0 rings (SSSR count). The Hall–Kier alpha value is -0.650. The fourth-order valence-corrected chi connectivity index (χ4v) is 0.857. The van der Waals surface area contributed by atoms with Crippen LogP contribution in [0, 0.1) is 0 Å². The number of carboxylic acid groups (broad SMARTS) is 1. The maximum Gasteiger partial charge on any atom is 0.303 e. The van der Waals surface area contributed by atoms with Crippen LogP contribution in [-0.4, -0.2) is 43.8 Å². The van der Waals surface area contributed by atoms with Gasteiger partial charge in [0, 0.05) is 40.3 Å². The van der Waals surface area contributed by atoms with Gasteiger partial charge >= 0.3 is 5.97 Å². The Bertz CT molecular complexity index is 164. The van der Waals surface area contributed by atoms with Crippen LogP contribution >= 0.6 is 11.6 Å². The van der Waals surface area contributed by atoms with Crippen LogP contribution in [0.4, 0.5) is 0 Å². The van der Waals surface area contributed by atoms with Crippen LogP contribution in [0.3, 0.4) is 0 Å². The number of methoxy groups -OCH3 is 2. The van der Waals surface area contributed by atoms with E-state index in [0.29, 0.717) is 26.1 Å². The smallest absolute Gasteiger partial charge is 0.303 e. The van der Waals surface area contributed by atoms with E-state index in [9.17, 15) is 9.59 Å². The number of carbonyl (C=O) groups excluding carboxylic acids is 1. The van der Waals surface area contributed by atoms with Crippen molar-refractivity contribution in [2.24, 2.45) is 0 Å². The lowest BCUT2D eigenvalue weighted by molar-refractivity contribution is -0.137. The molecular formula is C10H19ClO5. The summed E-state index contributed by atoms with van der Waals surface area (Å²) in [5.74, 6) is -0.762. The summed E-state index contributed by atoms with van der Waals surface area (Å²) in [7, 11) is 3.15. The first kappa shape index (κ1) is 17.7. The lowest BCUT2D eigenvalue weighted by Gasteiger charge is -1.91. The van der Waals surface area contributed by atoms with Crippen molar-refractivity contribution in [1.29, 1.82) is 0 Å². The van der Waals surface area contributed by atoms with Crippen molar-refractivity contribution in [3.05, 3.63) is 0 Å². The van der Waals surface area contributed by atoms with Gasteiger partial charge in [0.2, 0.25) is 5.24 Å². The Kier molecular flexibility index (Phi) is 15.9. The van der Waals surface area contributed by atoms with Crippen molar-refractivity contribution in [2.45, 2.75) is 25.7 Å². The first-order valence-corrected chi connectivity index (χ1v) is 5.30. The zero-order chi connectivity index (χ0) is 12.8. The molecule has 0 aliphatic carbocycles. The van der Waals surface area contributed by atoms with E-state index in [2.05, 4.69) is 9.47 Å². The molecule has 0 saturated heterocycles. The predicted octanol–water partition coefficient (Wildman–Crippen LogP) is 1.68. The van der Waals surface area contributed by atoms with Crippen LogP contribution in [0.15, 0.2) is 0 Å². The van der Waals surface area contributed by atoms with Crippen LogP contribution in [0.5, 0.6) is 0 Å². The summed E-state index contributed by atoms with van der Waals surface area (Å²) in [5.41, 5.74) is 0. The minimum atomic E-state index is -0.762. The molecule has 0 bridgehead atoms. The molecule has 96 valence electrons. The molecule has 0 radical (unpaired) electrons. The number of halogens is 1. The second-order valence-electron chi connectivity index (χ2n) is 2.94. The van der Waals surface area contributed by atoms with Crippen molar-refractivity contribution < 1.29 is 24.2 Å². The molecule has 16 heavy (non-hydrogen) atoms. The normalized spacial score (nSPS) is 9.19. The molecule has 6 heteroatoms. The largest absolute Gasteiger partial charge is 0.481 e. The summed E-state index contributed by atoms with van der Waals surface area (Å²) in [5, 5.41) is 7.79. The third-order valence-corrected chi connectivity index (χ3v) is 1.65. The van der Waals surface area contributed by atoms with Crippen LogP contribution < -0.4 is 0 Å². The van der Waals surface area contributed by atoms with Crippen molar-refractivity contribution in [1.82, 2.24) is 0 Å². The summed E-state index contributed by atoms with van der Waals surface area (Å²) in [6.07, 6.45) is 1.94. The Morgan fingerprint density at radius 1 is 1.06 bits per heavy atom. The quantitative estimate of drug-likeness (QED) is 0.527. The van der Waals surface area contributed by atoms with Gasteiger partial charge in [0.15, 0.2) is 0 Å². The van der Waals surface area contributed by atoms with Gasteiger partial charge in [0.25, 0.3) is 0 Å². The Morgan fingerprint density at radius 2 is 1.50 bits per heavy atom. The van der Waals surface area contributed by atoms with Gasteiger partial charge in [-0.2, -0.15) is 0 Å². The number of rotatable bonds is 8. The average Bonchev–Trinajstić information content (AvgIpc) is 2.18. The van der Waals surface area contributed by atoms with Crippen LogP contribution in [0.25, 0.3) is 0 Å². The summed E-state index contributed by atoms with van der Waals surface area (Å²) in [6.45, 7) is 1.14. The van der Waals surface area contributed by atoms with Gasteiger partial charge in [-0.05, 0) is 24.4 Å². The Morgan fingerprint density at radius 3 is 1.81 bits per heavy atom. The highest BCUT2D eigenvalue weighted by Crippen LogP contribution is 1.93. The summed E-state index contributed by atoms with van der Waals surface area (Å²) in [4.78, 5) is 19.8. The second-order valence-corrected chi connectivity index (χ2v) is 3.36. The highest BCUT2D eigenvalue weighted by molar-refractivity contribution is 6.63. The molecule has 1 N–H and O–H groups in total. The number of carboxylic acids is 1. The van der Waals surface area contributed by atoms with Gasteiger partial charge in [-0.25, -0.2) is 0 Å². The zero-order valence-corrected chi connectivity index (χ0v) is 10.5. The van der Waals surface area contributed by atoms with Crippen LogP contribution in [0.2, 0.25) is 0 Å².